The van der Waals surface area contributed by atoms with Gasteiger partial charge in [-0.3, -0.25) is 9.78 Å². The highest BCUT2D eigenvalue weighted by atomic mass is 35.5. The van der Waals surface area contributed by atoms with Crippen LogP contribution < -0.4 is 5.69 Å². The molecule has 1 fully saturated rings. The predicted molar refractivity (Wildman–Crippen MR) is 120 cm³/mol. The summed E-state index contributed by atoms with van der Waals surface area (Å²) in [7, 11) is 0. The molecule has 1 saturated carbocycles. The molecule has 32 heavy (non-hydrogen) atoms. The van der Waals surface area contributed by atoms with Crippen molar-refractivity contribution in [3.8, 4) is 17.1 Å². The Hall–Kier alpha value is -3.00. The van der Waals surface area contributed by atoms with E-state index < -0.39 is 5.82 Å². The molecule has 1 aliphatic carbocycles. The molecule has 2 heterocycles. The molecule has 1 aromatic carbocycles. The van der Waals surface area contributed by atoms with Gasteiger partial charge in [0.1, 0.15) is 5.82 Å². The lowest BCUT2D eigenvalue weighted by atomic mass is 10.2. The number of amides is 1. The molecule has 9 heteroatoms. The second-order valence-electron chi connectivity index (χ2n) is 7.95. The Morgan fingerprint density at radius 3 is 2.62 bits per heavy atom. The van der Waals surface area contributed by atoms with Crippen LogP contribution in [0.1, 0.15) is 32.6 Å². The van der Waals surface area contributed by atoms with Crippen molar-refractivity contribution < 1.29 is 9.18 Å². The van der Waals surface area contributed by atoms with Crippen LogP contribution in [0, 0.1) is 11.7 Å². The zero-order valence-electron chi connectivity index (χ0n) is 17.9. The van der Waals surface area contributed by atoms with Crippen LogP contribution in [0.25, 0.3) is 17.1 Å². The first-order valence-corrected chi connectivity index (χ1v) is 11.2. The van der Waals surface area contributed by atoms with Crippen molar-refractivity contribution >= 4 is 17.5 Å². The van der Waals surface area contributed by atoms with E-state index in [9.17, 15) is 14.0 Å². The Morgan fingerprint density at radius 2 is 1.97 bits per heavy atom. The molecule has 4 rings (SSSR count). The third kappa shape index (κ3) is 4.75. The minimum Gasteiger partial charge on any atom is -0.342 e. The maximum Gasteiger partial charge on any atom is 0.350 e. The van der Waals surface area contributed by atoms with Crippen LogP contribution in [0.3, 0.4) is 0 Å². The van der Waals surface area contributed by atoms with Crippen LogP contribution in [0.2, 0.25) is 5.02 Å². The van der Waals surface area contributed by atoms with Gasteiger partial charge in [-0.1, -0.05) is 18.5 Å². The zero-order valence-corrected chi connectivity index (χ0v) is 18.6. The molecule has 7 nitrogen and oxygen atoms in total. The third-order valence-corrected chi connectivity index (χ3v) is 5.77. The van der Waals surface area contributed by atoms with Gasteiger partial charge in [0.25, 0.3) is 0 Å². The van der Waals surface area contributed by atoms with Gasteiger partial charge in [0, 0.05) is 43.5 Å². The van der Waals surface area contributed by atoms with Gasteiger partial charge in [-0.25, -0.2) is 18.4 Å². The summed E-state index contributed by atoms with van der Waals surface area (Å²) < 4.78 is 16.3. The number of benzene rings is 1. The smallest absolute Gasteiger partial charge is 0.342 e. The van der Waals surface area contributed by atoms with Gasteiger partial charge in [-0.05, 0) is 56.0 Å². The number of pyridine rings is 1. The average molecular weight is 458 g/mol. The minimum atomic E-state index is -0.394. The van der Waals surface area contributed by atoms with Gasteiger partial charge >= 0.3 is 5.69 Å². The minimum absolute atomic E-state index is 0.169. The van der Waals surface area contributed by atoms with Crippen molar-refractivity contribution in [1.82, 2.24) is 24.2 Å². The number of halogens is 2. The van der Waals surface area contributed by atoms with Gasteiger partial charge in [0.2, 0.25) is 5.91 Å². The summed E-state index contributed by atoms with van der Waals surface area (Å²) in [5.74, 6) is 0.338. The highest BCUT2D eigenvalue weighted by Crippen LogP contribution is 2.31. The Morgan fingerprint density at radius 1 is 1.22 bits per heavy atom. The molecule has 0 aliphatic heterocycles. The number of hydrogen-bond donors (Lipinski definition) is 0. The molecule has 3 aromatic rings. The molecule has 1 amide bonds. The number of aryl methyl sites for hydroxylation is 1. The monoisotopic (exact) mass is 457 g/mol. The topological polar surface area (TPSA) is 73.0 Å². The molecule has 1 aliphatic rings. The molecule has 0 N–H and O–H groups in total. The maximum absolute atomic E-state index is 13.5. The van der Waals surface area contributed by atoms with E-state index in [0.29, 0.717) is 48.2 Å². The summed E-state index contributed by atoms with van der Waals surface area (Å²) in [4.78, 5) is 31.6. The fourth-order valence-electron chi connectivity index (χ4n) is 3.71. The van der Waals surface area contributed by atoms with E-state index >= 15 is 0 Å². The van der Waals surface area contributed by atoms with Crippen molar-refractivity contribution in [1.29, 1.82) is 0 Å². The number of nitrogens with zero attached hydrogens (tertiary/aromatic N) is 5. The molecule has 0 atom stereocenters. The third-order valence-electron chi connectivity index (χ3n) is 5.47. The number of carbonyl (C=O) groups is 1. The van der Waals surface area contributed by atoms with Crippen LogP contribution in [-0.2, 0) is 11.3 Å². The second-order valence-corrected chi connectivity index (χ2v) is 8.36. The van der Waals surface area contributed by atoms with Crippen LogP contribution in [-0.4, -0.2) is 43.2 Å². The summed E-state index contributed by atoms with van der Waals surface area (Å²) in [5.41, 5.74) is 0.690. The van der Waals surface area contributed by atoms with E-state index in [-0.39, 0.29) is 17.5 Å². The van der Waals surface area contributed by atoms with Crippen molar-refractivity contribution in [2.45, 2.75) is 39.2 Å². The Kier molecular flexibility index (Phi) is 6.69. The number of aromatic nitrogens is 4. The molecule has 0 unspecified atom stereocenters. The molecule has 0 bridgehead atoms. The highest BCUT2D eigenvalue weighted by Gasteiger charge is 2.32. The van der Waals surface area contributed by atoms with E-state index in [1.54, 1.807) is 12.3 Å². The van der Waals surface area contributed by atoms with Crippen molar-refractivity contribution in [3.05, 3.63) is 64.0 Å². The Bertz CT molecular complexity index is 1150. The fourth-order valence-corrected chi connectivity index (χ4v) is 3.91. The van der Waals surface area contributed by atoms with E-state index in [0.717, 1.165) is 19.3 Å². The summed E-state index contributed by atoms with van der Waals surface area (Å²) in [5, 5.41) is 4.89. The maximum atomic E-state index is 13.5. The van der Waals surface area contributed by atoms with Crippen molar-refractivity contribution in [2.75, 3.05) is 13.1 Å². The quantitative estimate of drug-likeness (QED) is 0.488. The summed E-state index contributed by atoms with van der Waals surface area (Å²) in [6, 6.07) is 7.33. The number of rotatable bonds is 9. The molecular weight excluding hydrogens is 433 g/mol. The van der Waals surface area contributed by atoms with Crippen molar-refractivity contribution in [3.63, 3.8) is 0 Å². The van der Waals surface area contributed by atoms with E-state index in [1.165, 1.54) is 39.7 Å². The van der Waals surface area contributed by atoms with Crippen molar-refractivity contribution in [2.24, 2.45) is 5.92 Å². The molecule has 2 aromatic heterocycles. The van der Waals surface area contributed by atoms with Gasteiger partial charge in [0.05, 0.1) is 10.7 Å². The Labute approximate surface area is 190 Å². The molecule has 168 valence electrons. The first-order valence-electron chi connectivity index (χ1n) is 10.8. The predicted octanol–water partition coefficient (Wildman–Crippen LogP) is 3.93. The van der Waals surface area contributed by atoms with Gasteiger partial charge in [0.15, 0.2) is 5.82 Å². The standard InChI is InChI=1S/C23H25ClFN5O2/c1-2-12-28(22(31)16-4-5-16)13-3-14-29-23(32)30(18-8-6-17(25)7-9-18)21(27-29)19-10-11-26-15-20(19)24/h6-11,15-16H,2-5,12-14H2,1H3. The fraction of sp³-hybridized carbons (Fsp3) is 0.391. The lowest BCUT2D eigenvalue weighted by Crippen LogP contribution is -2.35. The summed E-state index contributed by atoms with van der Waals surface area (Å²) in [6.45, 7) is 3.68. The number of hydrogen-bond acceptors (Lipinski definition) is 4. The zero-order chi connectivity index (χ0) is 22.7. The average Bonchev–Trinajstić information content (AvgIpc) is 3.59. The largest absolute Gasteiger partial charge is 0.350 e. The molecule has 0 saturated heterocycles. The lowest BCUT2D eigenvalue weighted by molar-refractivity contribution is -0.132. The first kappa shape index (κ1) is 22.2. The molecular formula is C23H25ClFN5O2. The highest BCUT2D eigenvalue weighted by molar-refractivity contribution is 6.33. The summed E-state index contributed by atoms with van der Waals surface area (Å²) in [6.07, 6.45) is 6.49. The second kappa shape index (κ2) is 9.65. The normalized spacial score (nSPS) is 13.3. The van der Waals surface area contributed by atoms with E-state index in [2.05, 4.69) is 10.1 Å². The van der Waals surface area contributed by atoms with Gasteiger partial charge < -0.3 is 4.90 Å². The van der Waals surface area contributed by atoms with E-state index in [4.69, 9.17) is 11.6 Å². The van der Waals surface area contributed by atoms with Crippen LogP contribution in [0.4, 0.5) is 4.39 Å². The number of carbonyl (C=O) groups excluding carboxylic acids is 1. The van der Waals surface area contributed by atoms with Gasteiger partial charge in [-0.2, -0.15) is 0 Å². The van der Waals surface area contributed by atoms with E-state index in [1.807, 2.05) is 11.8 Å². The van der Waals surface area contributed by atoms with Crippen LogP contribution >= 0.6 is 11.6 Å². The van der Waals surface area contributed by atoms with Gasteiger partial charge in [-0.15, -0.1) is 5.10 Å². The molecule has 0 spiro atoms. The lowest BCUT2D eigenvalue weighted by Gasteiger charge is -2.21. The Balaban J connectivity index is 1.62. The van der Waals surface area contributed by atoms with Crippen LogP contribution in [0.15, 0.2) is 47.5 Å². The summed E-state index contributed by atoms with van der Waals surface area (Å²) >= 11 is 6.32. The first-order chi connectivity index (χ1) is 15.5. The SMILES string of the molecule is CCCN(CCCn1nc(-c2ccncc2Cl)n(-c2ccc(F)cc2)c1=O)C(=O)C1CC1. The molecule has 0 radical (unpaired) electrons. The van der Waals surface area contributed by atoms with Crippen LogP contribution in [0.5, 0.6) is 0 Å².